The summed E-state index contributed by atoms with van der Waals surface area (Å²) >= 11 is 1.62. The molecule has 2 aliphatic heterocycles. The van der Waals surface area contributed by atoms with E-state index in [1.807, 2.05) is 35.9 Å². The van der Waals surface area contributed by atoms with Crippen molar-refractivity contribution in [3.63, 3.8) is 0 Å². The third-order valence-corrected chi connectivity index (χ3v) is 7.61. The number of carboxylic acids is 1. The molecule has 0 aliphatic carbocycles. The Labute approximate surface area is 201 Å². The highest BCUT2D eigenvalue weighted by molar-refractivity contribution is 7.13. The van der Waals surface area contributed by atoms with Crippen LogP contribution in [0.3, 0.4) is 0 Å². The molecule has 2 atom stereocenters. The second-order valence-electron chi connectivity index (χ2n) is 9.22. The number of pyridine rings is 1. The molecule has 1 N–H and O–H groups in total. The van der Waals surface area contributed by atoms with Crippen LogP contribution < -0.4 is 10.2 Å². The van der Waals surface area contributed by atoms with Gasteiger partial charge in [-0.05, 0) is 43.0 Å². The molecule has 0 saturated carbocycles. The molecular weight excluding hydrogens is 454 g/mol. The van der Waals surface area contributed by atoms with Crippen LogP contribution in [0.25, 0.3) is 21.7 Å². The van der Waals surface area contributed by atoms with Gasteiger partial charge in [0.25, 0.3) is 0 Å². The zero-order chi connectivity index (χ0) is 24.0. The Kier molecular flexibility index (Phi) is 5.83. The lowest BCUT2D eigenvalue weighted by molar-refractivity contribution is 0.0145. The van der Waals surface area contributed by atoms with Crippen molar-refractivity contribution in [2.45, 2.75) is 37.8 Å². The highest BCUT2D eigenvalue weighted by Gasteiger charge is 2.49. The van der Waals surface area contributed by atoms with Gasteiger partial charge in [-0.25, -0.2) is 4.79 Å². The van der Waals surface area contributed by atoms with Crippen molar-refractivity contribution < 1.29 is 24.1 Å². The number of nitrogens with zero attached hydrogens (tertiary/aromatic N) is 1. The van der Waals surface area contributed by atoms with Gasteiger partial charge in [0.05, 0.1) is 30.6 Å². The van der Waals surface area contributed by atoms with Gasteiger partial charge in [-0.2, -0.15) is 0 Å². The number of carboxylic acid groups (broad SMARTS) is 1. The highest BCUT2D eigenvalue weighted by Crippen LogP contribution is 2.54. The quantitative estimate of drug-likeness (QED) is 0.488. The third kappa shape index (κ3) is 3.76. The first-order valence-corrected chi connectivity index (χ1v) is 12.2. The van der Waals surface area contributed by atoms with E-state index >= 15 is 0 Å². The number of carbonyl (C=O) groups is 1. The fourth-order valence-electron chi connectivity index (χ4n) is 5.16. The lowest BCUT2D eigenvalue weighted by atomic mass is 9.78. The Morgan fingerprint density at radius 1 is 1.26 bits per heavy atom. The summed E-state index contributed by atoms with van der Waals surface area (Å²) in [4.78, 5) is 25.5. The number of rotatable bonds is 7. The van der Waals surface area contributed by atoms with Crippen LogP contribution in [0, 0.1) is 0 Å². The minimum atomic E-state index is -1.22. The molecule has 8 heteroatoms. The SMILES string of the molecule is COCCCOc1cc2c(cc1-c1cccs1)-c1cc(=O)c(C(=O)O)cn1[C@H]1[C@@H]2COC1(C)C. The van der Waals surface area contributed by atoms with Gasteiger partial charge in [-0.3, -0.25) is 4.79 Å². The van der Waals surface area contributed by atoms with E-state index in [4.69, 9.17) is 14.2 Å². The maximum Gasteiger partial charge on any atom is 0.341 e. The normalized spacial score (nSPS) is 19.9. The van der Waals surface area contributed by atoms with E-state index < -0.39 is 17.0 Å². The van der Waals surface area contributed by atoms with Gasteiger partial charge in [0, 0.05) is 54.3 Å². The van der Waals surface area contributed by atoms with Crippen LogP contribution in [-0.2, 0) is 9.47 Å². The molecule has 0 amide bonds. The summed E-state index contributed by atoms with van der Waals surface area (Å²) in [5, 5.41) is 11.6. The number of thiophene rings is 1. The first-order chi connectivity index (χ1) is 16.3. The second-order valence-corrected chi connectivity index (χ2v) is 10.2. The van der Waals surface area contributed by atoms with Crippen LogP contribution in [0.2, 0.25) is 0 Å². The van der Waals surface area contributed by atoms with Crippen LogP contribution in [-0.4, -0.2) is 48.2 Å². The highest BCUT2D eigenvalue weighted by atomic mass is 32.1. The molecule has 0 radical (unpaired) electrons. The minimum absolute atomic E-state index is 0.000331. The van der Waals surface area contributed by atoms with Crippen LogP contribution in [0.1, 0.15) is 48.1 Å². The number of benzene rings is 1. The number of aromatic nitrogens is 1. The van der Waals surface area contributed by atoms with Gasteiger partial charge in [0.2, 0.25) is 0 Å². The number of methoxy groups -OCH3 is 1. The molecule has 3 aromatic rings. The van der Waals surface area contributed by atoms with Crippen molar-refractivity contribution in [3.8, 4) is 27.4 Å². The summed E-state index contributed by atoms with van der Waals surface area (Å²) in [5.41, 5.74) is 2.35. The summed E-state index contributed by atoms with van der Waals surface area (Å²) in [7, 11) is 1.67. The van der Waals surface area contributed by atoms with Gasteiger partial charge in [-0.15, -0.1) is 11.3 Å². The summed E-state index contributed by atoms with van der Waals surface area (Å²) in [5.74, 6) is -0.433. The lowest BCUT2D eigenvalue weighted by Gasteiger charge is -2.38. The summed E-state index contributed by atoms with van der Waals surface area (Å²) in [6, 6.07) is 9.49. The van der Waals surface area contributed by atoms with E-state index in [9.17, 15) is 14.7 Å². The Hall–Kier alpha value is -2.94. The molecule has 7 nitrogen and oxygen atoms in total. The van der Waals surface area contributed by atoms with Gasteiger partial charge in [-0.1, -0.05) is 6.07 Å². The molecule has 0 bridgehead atoms. The van der Waals surface area contributed by atoms with Crippen LogP contribution in [0.4, 0.5) is 0 Å². The Morgan fingerprint density at radius 3 is 2.79 bits per heavy atom. The van der Waals surface area contributed by atoms with E-state index in [1.165, 1.54) is 12.3 Å². The van der Waals surface area contributed by atoms with Gasteiger partial charge < -0.3 is 23.9 Å². The maximum atomic E-state index is 12.7. The molecule has 5 rings (SSSR count). The van der Waals surface area contributed by atoms with E-state index in [0.29, 0.717) is 25.5 Å². The monoisotopic (exact) mass is 481 g/mol. The van der Waals surface area contributed by atoms with Crippen molar-refractivity contribution in [1.82, 2.24) is 4.57 Å². The van der Waals surface area contributed by atoms with Gasteiger partial charge >= 0.3 is 5.97 Å². The van der Waals surface area contributed by atoms with Crippen molar-refractivity contribution in [1.29, 1.82) is 0 Å². The van der Waals surface area contributed by atoms with E-state index in [0.717, 1.165) is 33.7 Å². The van der Waals surface area contributed by atoms with Crippen LogP contribution in [0.5, 0.6) is 5.75 Å². The summed E-state index contributed by atoms with van der Waals surface area (Å²) in [6.45, 7) is 5.66. The molecule has 4 heterocycles. The molecule has 34 heavy (non-hydrogen) atoms. The molecule has 0 unspecified atom stereocenters. The number of fused-ring (bicyclic) bond motifs is 6. The molecule has 1 fully saturated rings. The van der Waals surface area contributed by atoms with E-state index in [1.54, 1.807) is 18.4 Å². The largest absolute Gasteiger partial charge is 0.493 e. The first kappa shape index (κ1) is 22.8. The number of aromatic carboxylic acids is 1. The zero-order valence-electron chi connectivity index (χ0n) is 19.4. The topological polar surface area (TPSA) is 87.0 Å². The molecule has 178 valence electrons. The predicted octanol–water partition coefficient (Wildman–Crippen LogP) is 4.80. The maximum absolute atomic E-state index is 12.7. The average molecular weight is 482 g/mol. The van der Waals surface area contributed by atoms with Crippen molar-refractivity contribution >= 4 is 17.3 Å². The predicted molar refractivity (Wildman–Crippen MR) is 130 cm³/mol. The molecule has 2 aromatic heterocycles. The smallest absolute Gasteiger partial charge is 0.341 e. The molecule has 1 saturated heterocycles. The average Bonchev–Trinajstić information content (AvgIpc) is 3.44. The summed E-state index contributed by atoms with van der Waals surface area (Å²) < 4.78 is 19.5. The molecule has 2 aliphatic rings. The molecular formula is C26H27NO6S. The fraction of sp³-hybridized carbons (Fsp3) is 0.385. The first-order valence-electron chi connectivity index (χ1n) is 11.3. The Morgan fingerprint density at radius 2 is 2.09 bits per heavy atom. The molecule has 1 aromatic carbocycles. The third-order valence-electron chi connectivity index (χ3n) is 6.70. The van der Waals surface area contributed by atoms with Crippen molar-refractivity contribution in [2.24, 2.45) is 0 Å². The Bertz CT molecular complexity index is 1290. The number of ether oxygens (including phenoxy) is 3. The van der Waals surface area contributed by atoms with Gasteiger partial charge in [0.1, 0.15) is 11.3 Å². The Balaban J connectivity index is 1.72. The standard InChI is InChI=1S/C26H27NO6S/c1-26(2)24-19(14-33-26)15-11-22(32-8-5-7-31-3)17(23-6-4-9-34-23)10-16(15)20-12-21(28)18(25(29)30)13-27(20)24/h4,6,9-13,19,24H,5,7-8,14H2,1-3H3,(H,29,30)/t19-,24+/m1/s1. The summed E-state index contributed by atoms with van der Waals surface area (Å²) in [6.07, 6.45) is 2.26. The van der Waals surface area contributed by atoms with Crippen LogP contribution >= 0.6 is 11.3 Å². The van der Waals surface area contributed by atoms with E-state index in [2.05, 4.69) is 12.1 Å². The fourth-order valence-corrected chi connectivity index (χ4v) is 5.91. The number of hydrogen-bond donors (Lipinski definition) is 1. The van der Waals surface area contributed by atoms with Gasteiger partial charge in [0.15, 0.2) is 5.43 Å². The van der Waals surface area contributed by atoms with Crippen molar-refractivity contribution in [2.75, 3.05) is 26.9 Å². The lowest BCUT2D eigenvalue weighted by Crippen LogP contribution is -2.36. The second kappa shape index (κ2) is 8.69. The zero-order valence-corrected chi connectivity index (χ0v) is 20.2. The minimum Gasteiger partial charge on any atom is -0.493 e. The van der Waals surface area contributed by atoms with Crippen LogP contribution in [0.15, 0.2) is 46.7 Å². The number of hydrogen-bond acceptors (Lipinski definition) is 6. The molecule has 0 spiro atoms. The van der Waals surface area contributed by atoms with Crippen molar-refractivity contribution in [3.05, 3.63) is 63.3 Å². The van der Waals surface area contributed by atoms with E-state index in [-0.39, 0.29) is 17.5 Å².